The van der Waals surface area contributed by atoms with Crippen LogP contribution < -0.4 is 11.2 Å². The number of nitrogens with zero attached hydrogens (tertiary/aromatic N) is 2. The van der Waals surface area contributed by atoms with Crippen LogP contribution in [-0.4, -0.2) is 9.13 Å². The SMILES string of the molecule is O=c1c2ccccc2n(Cc2ccccc2Cl)c(=O)n1-c1cccc(Cl)c1. The van der Waals surface area contributed by atoms with Crippen molar-refractivity contribution in [3.63, 3.8) is 0 Å². The highest BCUT2D eigenvalue weighted by Crippen LogP contribution is 2.18. The molecule has 0 aliphatic heterocycles. The Hall–Kier alpha value is -2.82. The quantitative estimate of drug-likeness (QED) is 0.511. The Morgan fingerprint density at radius 1 is 0.815 bits per heavy atom. The predicted molar refractivity (Wildman–Crippen MR) is 109 cm³/mol. The van der Waals surface area contributed by atoms with Crippen LogP contribution in [0.2, 0.25) is 10.0 Å². The highest BCUT2D eigenvalue weighted by atomic mass is 35.5. The molecule has 0 N–H and O–H groups in total. The molecule has 4 nitrogen and oxygen atoms in total. The zero-order valence-corrected chi connectivity index (χ0v) is 15.6. The zero-order valence-electron chi connectivity index (χ0n) is 14.1. The molecule has 3 aromatic carbocycles. The molecule has 1 heterocycles. The third-order valence-corrected chi connectivity index (χ3v) is 5.01. The maximum Gasteiger partial charge on any atom is 0.336 e. The van der Waals surface area contributed by atoms with Crippen molar-refractivity contribution in [2.24, 2.45) is 0 Å². The Morgan fingerprint density at radius 3 is 2.33 bits per heavy atom. The number of aromatic nitrogens is 2. The second-order valence-electron chi connectivity index (χ2n) is 6.10. The number of rotatable bonds is 3. The lowest BCUT2D eigenvalue weighted by Crippen LogP contribution is -2.39. The molecule has 0 aliphatic rings. The fourth-order valence-electron chi connectivity index (χ4n) is 3.11. The molecule has 0 saturated carbocycles. The van der Waals surface area contributed by atoms with E-state index in [0.717, 1.165) is 10.1 Å². The van der Waals surface area contributed by atoms with Gasteiger partial charge < -0.3 is 0 Å². The summed E-state index contributed by atoms with van der Waals surface area (Å²) in [6.45, 7) is 0.250. The van der Waals surface area contributed by atoms with E-state index < -0.39 is 5.69 Å². The van der Waals surface area contributed by atoms with Crippen molar-refractivity contribution in [2.75, 3.05) is 0 Å². The molecule has 0 amide bonds. The number of hydrogen-bond acceptors (Lipinski definition) is 2. The number of para-hydroxylation sites is 1. The Morgan fingerprint density at radius 2 is 1.56 bits per heavy atom. The van der Waals surface area contributed by atoms with Crippen molar-refractivity contribution in [3.8, 4) is 5.69 Å². The molecule has 0 atom stereocenters. The van der Waals surface area contributed by atoms with Crippen LogP contribution in [0.5, 0.6) is 0 Å². The highest BCUT2D eigenvalue weighted by molar-refractivity contribution is 6.31. The summed E-state index contributed by atoms with van der Waals surface area (Å²) in [4.78, 5) is 26.3. The molecular formula is C21H14Cl2N2O2. The first-order valence-corrected chi connectivity index (χ1v) is 9.06. The first kappa shape index (κ1) is 17.6. The van der Waals surface area contributed by atoms with Gasteiger partial charge in [0.05, 0.1) is 23.1 Å². The molecule has 0 unspecified atom stereocenters. The molecule has 0 aliphatic carbocycles. The van der Waals surface area contributed by atoms with Crippen LogP contribution in [0, 0.1) is 0 Å². The lowest BCUT2D eigenvalue weighted by molar-refractivity contribution is 0.715. The average molecular weight is 397 g/mol. The minimum Gasteiger partial charge on any atom is -0.288 e. The van der Waals surface area contributed by atoms with Crippen LogP contribution in [0.25, 0.3) is 16.6 Å². The number of fused-ring (bicyclic) bond motifs is 1. The van der Waals surface area contributed by atoms with E-state index in [1.807, 2.05) is 18.2 Å². The first-order chi connectivity index (χ1) is 13.1. The maximum absolute atomic E-state index is 13.3. The van der Waals surface area contributed by atoms with E-state index in [1.54, 1.807) is 59.2 Å². The molecule has 0 radical (unpaired) electrons. The minimum absolute atomic E-state index is 0.250. The van der Waals surface area contributed by atoms with Crippen LogP contribution in [0.4, 0.5) is 0 Å². The third-order valence-electron chi connectivity index (χ3n) is 4.40. The van der Waals surface area contributed by atoms with E-state index in [0.29, 0.717) is 26.6 Å². The molecule has 6 heteroatoms. The molecule has 1 aromatic heterocycles. The summed E-state index contributed by atoms with van der Waals surface area (Å²) >= 11 is 12.4. The van der Waals surface area contributed by atoms with Crippen LogP contribution in [0.15, 0.2) is 82.4 Å². The number of benzene rings is 3. The average Bonchev–Trinajstić information content (AvgIpc) is 2.67. The summed E-state index contributed by atoms with van der Waals surface area (Å²) in [6.07, 6.45) is 0. The van der Waals surface area contributed by atoms with Gasteiger partial charge in [0.1, 0.15) is 0 Å². The Labute approximate surface area is 164 Å². The summed E-state index contributed by atoms with van der Waals surface area (Å²) in [5.74, 6) is 0. The second kappa shape index (κ2) is 7.06. The van der Waals surface area contributed by atoms with Gasteiger partial charge in [-0.05, 0) is 42.0 Å². The van der Waals surface area contributed by atoms with E-state index in [2.05, 4.69) is 0 Å². The molecule has 4 rings (SSSR count). The maximum atomic E-state index is 13.3. The normalized spacial score (nSPS) is 11.0. The molecule has 0 bridgehead atoms. The van der Waals surface area contributed by atoms with Gasteiger partial charge in [0.25, 0.3) is 5.56 Å². The van der Waals surface area contributed by atoms with Crippen LogP contribution in [0.3, 0.4) is 0 Å². The first-order valence-electron chi connectivity index (χ1n) is 8.30. The molecular weight excluding hydrogens is 383 g/mol. The fraction of sp³-hybridized carbons (Fsp3) is 0.0476. The van der Waals surface area contributed by atoms with Crippen molar-refractivity contribution in [3.05, 3.63) is 109 Å². The van der Waals surface area contributed by atoms with Crippen LogP contribution >= 0.6 is 23.2 Å². The summed E-state index contributed by atoms with van der Waals surface area (Å²) in [6, 6.07) is 21.1. The zero-order chi connectivity index (χ0) is 19.0. The molecule has 0 saturated heterocycles. The van der Waals surface area contributed by atoms with Gasteiger partial charge in [-0.3, -0.25) is 9.36 Å². The monoisotopic (exact) mass is 396 g/mol. The molecule has 0 spiro atoms. The highest BCUT2D eigenvalue weighted by Gasteiger charge is 2.15. The van der Waals surface area contributed by atoms with Crippen molar-refractivity contribution < 1.29 is 0 Å². The van der Waals surface area contributed by atoms with E-state index >= 15 is 0 Å². The summed E-state index contributed by atoms with van der Waals surface area (Å²) < 4.78 is 2.70. The van der Waals surface area contributed by atoms with Crippen LogP contribution in [0.1, 0.15) is 5.56 Å². The van der Waals surface area contributed by atoms with E-state index in [4.69, 9.17) is 23.2 Å². The van der Waals surface area contributed by atoms with Gasteiger partial charge in [-0.2, -0.15) is 0 Å². The van der Waals surface area contributed by atoms with Gasteiger partial charge >= 0.3 is 5.69 Å². The van der Waals surface area contributed by atoms with Gasteiger partial charge in [0, 0.05) is 10.0 Å². The van der Waals surface area contributed by atoms with Crippen molar-refractivity contribution in [1.29, 1.82) is 0 Å². The van der Waals surface area contributed by atoms with Gasteiger partial charge in [-0.15, -0.1) is 0 Å². The number of hydrogen-bond donors (Lipinski definition) is 0. The summed E-state index contributed by atoms with van der Waals surface area (Å²) in [5, 5.41) is 1.46. The smallest absolute Gasteiger partial charge is 0.288 e. The van der Waals surface area contributed by atoms with Crippen molar-refractivity contribution in [2.45, 2.75) is 6.54 Å². The number of halogens is 2. The van der Waals surface area contributed by atoms with E-state index in [9.17, 15) is 9.59 Å². The molecule has 134 valence electrons. The predicted octanol–water partition coefficient (Wildman–Crippen LogP) is 4.51. The van der Waals surface area contributed by atoms with Crippen molar-refractivity contribution >= 4 is 34.1 Å². The Balaban J connectivity index is 2.05. The summed E-state index contributed by atoms with van der Waals surface area (Å²) in [7, 11) is 0. The Bertz CT molecular complexity index is 1280. The van der Waals surface area contributed by atoms with Crippen LogP contribution in [-0.2, 0) is 6.54 Å². The second-order valence-corrected chi connectivity index (χ2v) is 6.94. The Kier molecular flexibility index (Phi) is 4.60. The van der Waals surface area contributed by atoms with Gasteiger partial charge in [0.15, 0.2) is 0 Å². The van der Waals surface area contributed by atoms with Crippen molar-refractivity contribution in [1.82, 2.24) is 9.13 Å². The molecule has 27 heavy (non-hydrogen) atoms. The topological polar surface area (TPSA) is 44.0 Å². The van der Waals surface area contributed by atoms with E-state index in [-0.39, 0.29) is 12.1 Å². The largest absolute Gasteiger partial charge is 0.336 e. The fourth-order valence-corrected chi connectivity index (χ4v) is 3.49. The lowest BCUT2D eigenvalue weighted by Gasteiger charge is -2.15. The lowest BCUT2D eigenvalue weighted by atomic mass is 10.2. The van der Waals surface area contributed by atoms with E-state index in [1.165, 1.54) is 0 Å². The minimum atomic E-state index is -0.444. The van der Waals surface area contributed by atoms with Gasteiger partial charge in [0.2, 0.25) is 0 Å². The molecule has 4 aromatic rings. The summed E-state index contributed by atoms with van der Waals surface area (Å²) in [5.41, 5.74) is 0.957. The van der Waals surface area contributed by atoms with Gasteiger partial charge in [-0.1, -0.05) is 59.6 Å². The van der Waals surface area contributed by atoms with Gasteiger partial charge in [-0.25, -0.2) is 9.36 Å². The third kappa shape index (κ3) is 3.18. The molecule has 0 fully saturated rings. The standard InChI is InChI=1S/C21H14Cl2N2O2/c22-15-7-5-8-16(12-15)25-20(26)17-9-2-4-11-19(17)24(21(25)27)13-14-6-1-3-10-18(14)23/h1-12H,13H2.